The first kappa shape index (κ1) is 13.7. The fourth-order valence-electron chi connectivity index (χ4n) is 1.64. The molecule has 1 aromatic heterocycles. The van der Waals surface area contributed by atoms with E-state index in [1.54, 1.807) is 10.9 Å². The van der Waals surface area contributed by atoms with Gasteiger partial charge in [-0.05, 0) is 27.3 Å². The first-order chi connectivity index (χ1) is 7.88. The van der Waals surface area contributed by atoms with Gasteiger partial charge >= 0.3 is 0 Å². The Hall–Kier alpha value is -1.36. The van der Waals surface area contributed by atoms with Crippen molar-refractivity contribution in [1.29, 1.82) is 0 Å². The van der Waals surface area contributed by atoms with Crippen LogP contribution in [0.5, 0.6) is 0 Å². The number of hydrogen-bond donors (Lipinski definition) is 2. The molecule has 0 aliphatic rings. The van der Waals surface area contributed by atoms with Crippen molar-refractivity contribution in [3.8, 4) is 0 Å². The van der Waals surface area contributed by atoms with Crippen molar-refractivity contribution in [1.82, 2.24) is 20.4 Å². The van der Waals surface area contributed by atoms with E-state index < -0.39 is 5.54 Å². The Balaban J connectivity index is 2.57. The lowest BCUT2D eigenvalue weighted by Gasteiger charge is -2.24. The minimum atomic E-state index is -0.537. The van der Waals surface area contributed by atoms with E-state index in [-0.39, 0.29) is 5.91 Å². The molecule has 1 rings (SSSR count). The van der Waals surface area contributed by atoms with E-state index >= 15 is 0 Å². The summed E-state index contributed by atoms with van der Waals surface area (Å²) in [6, 6.07) is 0. The third-order valence-corrected chi connectivity index (χ3v) is 2.96. The molecule has 0 bridgehead atoms. The van der Waals surface area contributed by atoms with Gasteiger partial charge in [-0.25, -0.2) is 0 Å². The zero-order valence-electron chi connectivity index (χ0n) is 11.3. The van der Waals surface area contributed by atoms with Gasteiger partial charge in [0.1, 0.15) is 0 Å². The van der Waals surface area contributed by atoms with E-state index in [2.05, 4.69) is 15.7 Å². The first-order valence-electron chi connectivity index (χ1n) is 5.89. The molecule has 0 radical (unpaired) electrons. The molecule has 0 unspecified atom stereocenters. The molecule has 0 aliphatic carbocycles. The minimum Gasteiger partial charge on any atom is -0.350 e. The zero-order chi connectivity index (χ0) is 13.1. The quantitative estimate of drug-likeness (QED) is 0.795. The van der Waals surface area contributed by atoms with E-state index in [9.17, 15) is 4.79 Å². The predicted molar refractivity (Wildman–Crippen MR) is 67.5 cm³/mol. The summed E-state index contributed by atoms with van der Waals surface area (Å²) in [6.07, 6.45) is 1.79. The monoisotopic (exact) mass is 238 g/mol. The summed E-state index contributed by atoms with van der Waals surface area (Å²) in [4.78, 5) is 11.9. The number of nitrogens with one attached hydrogen (secondary N) is 2. The lowest BCUT2D eigenvalue weighted by molar-refractivity contribution is -0.126. The molecule has 0 saturated heterocycles. The molecule has 1 heterocycles. The lowest BCUT2D eigenvalue weighted by Crippen LogP contribution is -2.52. The summed E-state index contributed by atoms with van der Waals surface area (Å²) in [5, 5.41) is 10.2. The van der Waals surface area contributed by atoms with Gasteiger partial charge in [-0.3, -0.25) is 9.48 Å². The lowest BCUT2D eigenvalue weighted by atomic mass is 10.0. The maximum atomic E-state index is 11.9. The van der Waals surface area contributed by atoms with Crippen LogP contribution in [0.3, 0.4) is 0 Å². The van der Waals surface area contributed by atoms with Crippen LogP contribution in [0.4, 0.5) is 0 Å². The van der Waals surface area contributed by atoms with Crippen molar-refractivity contribution in [2.45, 2.75) is 39.8 Å². The molecule has 5 nitrogen and oxygen atoms in total. The second kappa shape index (κ2) is 5.31. The Morgan fingerprint density at radius 2 is 2.18 bits per heavy atom. The van der Waals surface area contributed by atoms with Gasteiger partial charge in [0.05, 0.1) is 11.7 Å². The number of aryl methyl sites for hydroxylation is 1. The van der Waals surface area contributed by atoms with Crippen molar-refractivity contribution in [2.24, 2.45) is 7.05 Å². The topological polar surface area (TPSA) is 59.0 Å². The third-order valence-electron chi connectivity index (χ3n) is 2.96. The van der Waals surface area contributed by atoms with Crippen LogP contribution >= 0.6 is 0 Å². The van der Waals surface area contributed by atoms with Crippen molar-refractivity contribution in [3.05, 3.63) is 17.5 Å². The van der Waals surface area contributed by atoms with Crippen molar-refractivity contribution < 1.29 is 4.79 Å². The van der Waals surface area contributed by atoms with Crippen LogP contribution < -0.4 is 10.6 Å². The summed E-state index contributed by atoms with van der Waals surface area (Å²) in [7, 11) is 1.89. The average molecular weight is 238 g/mol. The number of likely N-dealkylation sites (N-methyl/N-ethyl adjacent to an activating group) is 1. The molecule has 5 heteroatoms. The maximum absolute atomic E-state index is 11.9. The summed E-state index contributed by atoms with van der Waals surface area (Å²) in [5.74, 6) is 0.00241. The smallest absolute Gasteiger partial charge is 0.239 e. The maximum Gasteiger partial charge on any atom is 0.239 e. The summed E-state index contributed by atoms with van der Waals surface area (Å²) >= 11 is 0. The Kier molecular flexibility index (Phi) is 4.28. The van der Waals surface area contributed by atoms with Crippen molar-refractivity contribution in [2.75, 3.05) is 6.54 Å². The van der Waals surface area contributed by atoms with Gasteiger partial charge in [0.2, 0.25) is 5.91 Å². The van der Waals surface area contributed by atoms with Gasteiger partial charge in [0.15, 0.2) is 0 Å². The molecule has 0 aromatic carbocycles. The van der Waals surface area contributed by atoms with Gasteiger partial charge in [-0.2, -0.15) is 5.10 Å². The predicted octanol–water partition coefficient (Wildman–Crippen LogP) is 0.733. The number of rotatable bonds is 5. The molecule has 96 valence electrons. The molecular weight excluding hydrogens is 216 g/mol. The number of carbonyl (C=O) groups excluding carboxylic acids is 1. The second-order valence-electron chi connectivity index (χ2n) is 4.72. The van der Waals surface area contributed by atoms with Crippen molar-refractivity contribution >= 4 is 5.91 Å². The highest BCUT2D eigenvalue weighted by molar-refractivity contribution is 5.85. The van der Waals surface area contributed by atoms with Crippen molar-refractivity contribution in [3.63, 3.8) is 0 Å². The van der Waals surface area contributed by atoms with Gasteiger partial charge in [-0.1, -0.05) is 6.92 Å². The highest BCUT2D eigenvalue weighted by Crippen LogP contribution is 2.07. The summed E-state index contributed by atoms with van der Waals surface area (Å²) < 4.78 is 1.80. The summed E-state index contributed by atoms with van der Waals surface area (Å²) in [5.41, 5.74) is 1.59. The highest BCUT2D eigenvalue weighted by Gasteiger charge is 2.25. The highest BCUT2D eigenvalue weighted by atomic mass is 16.2. The van der Waals surface area contributed by atoms with E-state index in [1.807, 2.05) is 34.7 Å². The number of aromatic nitrogens is 2. The van der Waals surface area contributed by atoms with Crippen LogP contribution in [0, 0.1) is 6.92 Å². The van der Waals surface area contributed by atoms with E-state index in [0.717, 1.165) is 17.8 Å². The van der Waals surface area contributed by atoms with E-state index in [4.69, 9.17) is 0 Å². The van der Waals surface area contributed by atoms with Crippen LogP contribution in [0.1, 0.15) is 32.0 Å². The first-order valence-corrected chi connectivity index (χ1v) is 5.89. The molecule has 0 spiro atoms. The fourth-order valence-corrected chi connectivity index (χ4v) is 1.64. The Bertz CT molecular complexity index is 395. The van der Waals surface area contributed by atoms with Gasteiger partial charge in [0.25, 0.3) is 0 Å². The molecule has 0 atom stereocenters. The standard InChI is InChI=1S/C12H22N4O/c1-6-14-12(3,4)11(17)13-7-10-8-15-16(5)9(10)2/h8,14H,6-7H2,1-5H3,(H,13,17). The SMILES string of the molecule is CCNC(C)(C)C(=O)NCc1cnn(C)c1C. The minimum absolute atomic E-state index is 0.00241. The summed E-state index contributed by atoms with van der Waals surface area (Å²) in [6.45, 7) is 9.02. The zero-order valence-corrected chi connectivity index (χ0v) is 11.3. The number of hydrogen-bond acceptors (Lipinski definition) is 3. The Morgan fingerprint density at radius 3 is 2.65 bits per heavy atom. The molecule has 17 heavy (non-hydrogen) atoms. The Morgan fingerprint density at radius 1 is 1.53 bits per heavy atom. The molecule has 0 saturated carbocycles. The molecule has 1 amide bonds. The molecule has 0 aliphatic heterocycles. The average Bonchev–Trinajstić information content (AvgIpc) is 2.56. The van der Waals surface area contributed by atoms with Crippen LogP contribution in [0.2, 0.25) is 0 Å². The number of nitrogens with zero attached hydrogens (tertiary/aromatic N) is 2. The van der Waals surface area contributed by atoms with E-state index in [0.29, 0.717) is 6.54 Å². The third kappa shape index (κ3) is 3.30. The molecule has 2 N–H and O–H groups in total. The van der Waals surface area contributed by atoms with Crippen LogP contribution in [-0.2, 0) is 18.4 Å². The van der Waals surface area contributed by atoms with Crippen LogP contribution in [-0.4, -0.2) is 27.8 Å². The molecular formula is C12H22N4O. The van der Waals surface area contributed by atoms with Gasteiger partial charge in [0, 0.05) is 24.8 Å². The van der Waals surface area contributed by atoms with Gasteiger partial charge in [-0.15, -0.1) is 0 Å². The fraction of sp³-hybridized carbons (Fsp3) is 0.667. The number of carbonyl (C=O) groups is 1. The van der Waals surface area contributed by atoms with E-state index in [1.165, 1.54) is 0 Å². The van der Waals surface area contributed by atoms with Crippen LogP contribution in [0.25, 0.3) is 0 Å². The molecule has 0 fully saturated rings. The second-order valence-corrected chi connectivity index (χ2v) is 4.72. The normalized spacial score (nSPS) is 11.6. The number of amides is 1. The largest absolute Gasteiger partial charge is 0.350 e. The van der Waals surface area contributed by atoms with Gasteiger partial charge < -0.3 is 10.6 Å². The molecule has 1 aromatic rings. The Labute approximate surface area is 103 Å². The van der Waals surface area contributed by atoms with Crippen LogP contribution in [0.15, 0.2) is 6.20 Å².